The Hall–Kier alpha value is -2.76. The van der Waals surface area contributed by atoms with Gasteiger partial charge in [-0.2, -0.15) is 0 Å². The van der Waals surface area contributed by atoms with Crippen molar-refractivity contribution in [3.05, 3.63) is 46.3 Å². The van der Waals surface area contributed by atoms with Crippen LogP contribution in [0.2, 0.25) is 0 Å². The molecule has 2 rings (SSSR count). The van der Waals surface area contributed by atoms with Crippen molar-refractivity contribution in [1.82, 2.24) is 4.98 Å². The average molecular weight is 400 g/mol. The minimum Gasteiger partial charge on any atom is -0.462 e. The molecule has 1 aromatic heterocycles. The highest BCUT2D eigenvalue weighted by Crippen LogP contribution is 2.24. The number of aromatic amines is 1. The summed E-state index contributed by atoms with van der Waals surface area (Å²) >= 11 is 0. The van der Waals surface area contributed by atoms with Crippen molar-refractivity contribution in [2.24, 2.45) is 0 Å². The van der Waals surface area contributed by atoms with Gasteiger partial charge in [-0.1, -0.05) is 0 Å². The monoisotopic (exact) mass is 399 g/mol. The van der Waals surface area contributed by atoms with Crippen molar-refractivity contribution in [2.45, 2.75) is 54.4 Å². The summed E-state index contributed by atoms with van der Waals surface area (Å²) in [5, 5.41) is 3.00. The molecule has 2 aromatic rings. The molecule has 0 bridgehead atoms. The summed E-state index contributed by atoms with van der Waals surface area (Å²) in [5.41, 5.74) is 6.14. The van der Waals surface area contributed by atoms with E-state index in [1.807, 2.05) is 32.9 Å². The molecule has 0 saturated heterocycles. The number of rotatable bonds is 9. The molecule has 2 N–H and O–H groups in total. The first-order chi connectivity index (χ1) is 13.8. The van der Waals surface area contributed by atoms with Crippen LogP contribution in [0.15, 0.2) is 18.2 Å². The Labute approximate surface area is 173 Å². The smallest absolute Gasteiger partial charge is 0.340 e. The molecular formula is C23H33N3O3. The number of carbonyl (C=O) groups excluding carboxylic acids is 2. The number of ether oxygens (including phenoxy) is 1. The van der Waals surface area contributed by atoms with E-state index in [0.29, 0.717) is 25.0 Å². The van der Waals surface area contributed by atoms with Gasteiger partial charge in [-0.05, 0) is 77.3 Å². The number of H-pyrrole nitrogens is 1. The Morgan fingerprint density at radius 1 is 1.10 bits per heavy atom. The van der Waals surface area contributed by atoms with Crippen LogP contribution in [0.1, 0.15) is 60.1 Å². The normalized spacial score (nSPS) is 10.7. The molecule has 1 aromatic carbocycles. The zero-order chi connectivity index (χ0) is 21.6. The van der Waals surface area contributed by atoms with Crippen molar-refractivity contribution in [2.75, 3.05) is 29.9 Å². The number of benzene rings is 1. The third kappa shape index (κ3) is 5.40. The Kier molecular flexibility index (Phi) is 7.88. The molecule has 0 unspecified atom stereocenters. The number of hydrogen-bond donors (Lipinski definition) is 2. The molecular weight excluding hydrogens is 366 g/mol. The van der Waals surface area contributed by atoms with Gasteiger partial charge < -0.3 is 19.9 Å². The molecule has 29 heavy (non-hydrogen) atoms. The Morgan fingerprint density at radius 2 is 1.79 bits per heavy atom. The highest BCUT2D eigenvalue weighted by atomic mass is 16.5. The number of esters is 1. The van der Waals surface area contributed by atoms with Gasteiger partial charge in [0, 0.05) is 42.3 Å². The van der Waals surface area contributed by atoms with E-state index in [1.54, 1.807) is 6.92 Å². The zero-order valence-electron chi connectivity index (χ0n) is 18.4. The summed E-state index contributed by atoms with van der Waals surface area (Å²) in [6, 6.07) is 6.11. The second-order valence-electron chi connectivity index (χ2n) is 7.17. The predicted molar refractivity (Wildman–Crippen MR) is 118 cm³/mol. The summed E-state index contributed by atoms with van der Waals surface area (Å²) in [4.78, 5) is 30.1. The second-order valence-corrected chi connectivity index (χ2v) is 7.17. The largest absolute Gasteiger partial charge is 0.462 e. The average Bonchev–Trinajstić information content (AvgIpc) is 2.96. The number of nitrogens with one attached hydrogen (secondary N) is 2. The van der Waals surface area contributed by atoms with Crippen molar-refractivity contribution in [3.63, 3.8) is 0 Å². The van der Waals surface area contributed by atoms with Crippen LogP contribution in [0.25, 0.3) is 0 Å². The van der Waals surface area contributed by atoms with E-state index >= 15 is 0 Å². The number of aryl methyl sites for hydroxylation is 3. The maximum Gasteiger partial charge on any atom is 0.340 e. The Bertz CT molecular complexity index is 866. The van der Waals surface area contributed by atoms with E-state index in [-0.39, 0.29) is 11.9 Å². The zero-order valence-corrected chi connectivity index (χ0v) is 18.4. The van der Waals surface area contributed by atoms with Crippen LogP contribution in [0.3, 0.4) is 0 Å². The van der Waals surface area contributed by atoms with E-state index in [0.717, 1.165) is 47.0 Å². The van der Waals surface area contributed by atoms with E-state index in [4.69, 9.17) is 4.74 Å². The summed E-state index contributed by atoms with van der Waals surface area (Å²) in [6.45, 7) is 14.0. The van der Waals surface area contributed by atoms with E-state index in [2.05, 4.69) is 35.1 Å². The molecule has 0 aliphatic rings. The predicted octanol–water partition coefficient (Wildman–Crippen LogP) is 4.53. The van der Waals surface area contributed by atoms with Crippen LogP contribution in [-0.2, 0) is 16.0 Å². The lowest BCUT2D eigenvalue weighted by Gasteiger charge is -2.22. The maximum absolute atomic E-state index is 12.5. The quantitative estimate of drug-likeness (QED) is 0.607. The van der Waals surface area contributed by atoms with Crippen LogP contribution in [0.5, 0.6) is 0 Å². The van der Waals surface area contributed by atoms with Gasteiger partial charge in [-0.25, -0.2) is 4.79 Å². The highest BCUT2D eigenvalue weighted by molar-refractivity contribution is 5.93. The summed E-state index contributed by atoms with van der Waals surface area (Å²) in [6.07, 6.45) is 0.870. The van der Waals surface area contributed by atoms with Crippen molar-refractivity contribution in [1.29, 1.82) is 0 Å². The molecule has 0 spiro atoms. The molecule has 0 fully saturated rings. The first-order valence-electron chi connectivity index (χ1n) is 10.3. The van der Waals surface area contributed by atoms with Gasteiger partial charge >= 0.3 is 5.97 Å². The van der Waals surface area contributed by atoms with Crippen molar-refractivity contribution in [3.8, 4) is 0 Å². The molecule has 0 saturated carbocycles. The van der Waals surface area contributed by atoms with Gasteiger partial charge in [0.05, 0.1) is 12.2 Å². The van der Waals surface area contributed by atoms with Crippen molar-refractivity contribution >= 4 is 23.3 Å². The van der Waals surface area contributed by atoms with E-state index in [1.165, 1.54) is 0 Å². The lowest BCUT2D eigenvalue weighted by Crippen LogP contribution is -2.22. The van der Waals surface area contributed by atoms with Gasteiger partial charge in [0.25, 0.3) is 0 Å². The molecule has 1 heterocycles. The summed E-state index contributed by atoms with van der Waals surface area (Å²) in [5.74, 6) is -0.369. The number of nitrogens with zero attached hydrogens (tertiary/aromatic N) is 1. The molecule has 6 heteroatoms. The topological polar surface area (TPSA) is 74.4 Å². The van der Waals surface area contributed by atoms with E-state index in [9.17, 15) is 9.59 Å². The lowest BCUT2D eigenvalue weighted by molar-refractivity contribution is -0.116. The Morgan fingerprint density at radius 3 is 2.38 bits per heavy atom. The molecule has 0 aliphatic carbocycles. The molecule has 0 atom stereocenters. The maximum atomic E-state index is 12.5. The first-order valence-corrected chi connectivity index (χ1v) is 10.3. The molecule has 6 nitrogen and oxygen atoms in total. The number of amides is 1. The molecule has 1 amide bonds. The van der Waals surface area contributed by atoms with Gasteiger partial charge in [0.2, 0.25) is 5.91 Å². The fourth-order valence-corrected chi connectivity index (χ4v) is 3.60. The highest BCUT2D eigenvalue weighted by Gasteiger charge is 2.19. The van der Waals surface area contributed by atoms with Gasteiger partial charge in [-0.15, -0.1) is 0 Å². The van der Waals surface area contributed by atoms with Gasteiger partial charge in [-0.3, -0.25) is 4.79 Å². The van der Waals surface area contributed by atoms with E-state index < -0.39 is 0 Å². The SMILES string of the molecule is CCOC(=O)c1c(C)[nH]c(CCC(=O)Nc2ccc(N(CC)CC)cc2C)c1C. The van der Waals surface area contributed by atoms with Crippen LogP contribution in [0.4, 0.5) is 11.4 Å². The molecule has 158 valence electrons. The number of carbonyl (C=O) groups is 2. The Balaban J connectivity index is 2.02. The number of aromatic nitrogens is 1. The summed E-state index contributed by atoms with van der Waals surface area (Å²) in [7, 11) is 0. The van der Waals surface area contributed by atoms with Crippen LogP contribution >= 0.6 is 0 Å². The fraction of sp³-hybridized carbons (Fsp3) is 0.478. The second kappa shape index (κ2) is 10.1. The number of hydrogen-bond acceptors (Lipinski definition) is 4. The molecule has 0 aliphatic heterocycles. The third-order valence-corrected chi connectivity index (χ3v) is 5.24. The number of anilines is 2. The van der Waals surface area contributed by atoms with Gasteiger partial charge in [0.1, 0.15) is 0 Å². The minimum atomic E-state index is -0.321. The minimum absolute atomic E-state index is 0.0481. The van der Waals surface area contributed by atoms with Crippen molar-refractivity contribution < 1.29 is 14.3 Å². The standard InChI is InChI=1S/C23H33N3O3/c1-7-26(8-2)18-10-11-19(15(4)14-18)25-21(27)13-12-20-16(5)22(17(6)24-20)23(28)29-9-3/h10-11,14,24H,7-9,12-13H2,1-6H3,(H,25,27). The van der Waals surface area contributed by atoms with Crippen LogP contribution in [-0.4, -0.2) is 36.6 Å². The van der Waals surface area contributed by atoms with Gasteiger partial charge in [0.15, 0.2) is 0 Å². The fourth-order valence-electron chi connectivity index (χ4n) is 3.60. The summed E-state index contributed by atoms with van der Waals surface area (Å²) < 4.78 is 5.12. The van der Waals surface area contributed by atoms with Crippen LogP contribution in [0, 0.1) is 20.8 Å². The first kappa shape index (κ1) is 22.5. The van der Waals surface area contributed by atoms with Crippen LogP contribution < -0.4 is 10.2 Å². The lowest BCUT2D eigenvalue weighted by atomic mass is 10.1. The molecule has 0 radical (unpaired) electrons. The third-order valence-electron chi connectivity index (χ3n) is 5.24.